The molecular weight excluding hydrogens is 257 g/mol. The highest BCUT2D eigenvalue weighted by Crippen LogP contribution is 2.38. The van der Waals surface area contributed by atoms with Crippen molar-refractivity contribution in [1.29, 1.82) is 0 Å². The molecule has 4 heteroatoms. The highest BCUT2D eigenvalue weighted by Gasteiger charge is 2.41. The van der Waals surface area contributed by atoms with Gasteiger partial charge in [-0.2, -0.15) is 0 Å². The lowest BCUT2D eigenvalue weighted by molar-refractivity contribution is -0.127. The number of nitrogens with one attached hydrogen (secondary N) is 1. The monoisotopic (exact) mass is 281 g/mol. The topological polar surface area (TPSA) is 30.5 Å². The number of likely N-dealkylation sites (N-methyl/N-ethyl adjacent to an activating group) is 1. The second-order valence-electron chi connectivity index (χ2n) is 5.33. The molecule has 1 aromatic rings. The van der Waals surface area contributed by atoms with Crippen LogP contribution in [0.3, 0.4) is 0 Å². The number of hydrogen-bond donors (Lipinski definition) is 1. The molecule has 2 rings (SSSR count). The average molecular weight is 281 g/mol. The van der Waals surface area contributed by atoms with Crippen LogP contribution in [-0.2, 0) is 9.47 Å². The van der Waals surface area contributed by atoms with Crippen LogP contribution in [0.5, 0.6) is 0 Å². The first-order valence-electron chi connectivity index (χ1n) is 7.28. The van der Waals surface area contributed by atoms with Gasteiger partial charge in [-0.25, -0.2) is 4.39 Å². The zero-order valence-corrected chi connectivity index (χ0v) is 12.5. The minimum absolute atomic E-state index is 0.0481. The van der Waals surface area contributed by atoms with Crippen molar-refractivity contribution >= 4 is 0 Å². The Kier molecular flexibility index (Phi) is 5.13. The molecule has 0 saturated carbocycles. The Balaban J connectivity index is 2.37. The van der Waals surface area contributed by atoms with Crippen LogP contribution in [0.4, 0.5) is 4.39 Å². The van der Waals surface area contributed by atoms with Gasteiger partial charge in [0.2, 0.25) is 0 Å². The molecule has 0 aromatic heterocycles. The molecule has 0 amide bonds. The molecule has 1 atom stereocenters. The first-order valence-corrected chi connectivity index (χ1v) is 7.28. The molecule has 1 aliphatic heterocycles. The Hall–Kier alpha value is -0.970. The third-order valence-electron chi connectivity index (χ3n) is 4.13. The van der Waals surface area contributed by atoms with Crippen LogP contribution in [0.1, 0.15) is 36.9 Å². The fourth-order valence-corrected chi connectivity index (χ4v) is 3.19. The Morgan fingerprint density at radius 1 is 1.40 bits per heavy atom. The molecule has 1 aromatic carbocycles. The second-order valence-corrected chi connectivity index (χ2v) is 5.33. The summed E-state index contributed by atoms with van der Waals surface area (Å²) in [6, 6.07) is 5.01. The molecule has 1 unspecified atom stereocenters. The SMILES string of the molecule is CCOC1(C(NC)c2ccc(F)cc2C)CCOCC1. The summed E-state index contributed by atoms with van der Waals surface area (Å²) in [6.07, 6.45) is 1.70. The van der Waals surface area contributed by atoms with E-state index in [0.717, 1.165) is 24.0 Å². The van der Waals surface area contributed by atoms with Gasteiger partial charge in [0.15, 0.2) is 0 Å². The molecule has 1 heterocycles. The van der Waals surface area contributed by atoms with Crippen molar-refractivity contribution in [3.05, 3.63) is 35.1 Å². The first-order chi connectivity index (χ1) is 9.63. The van der Waals surface area contributed by atoms with Gasteiger partial charge in [-0.3, -0.25) is 0 Å². The van der Waals surface area contributed by atoms with Crippen molar-refractivity contribution in [3.8, 4) is 0 Å². The van der Waals surface area contributed by atoms with E-state index in [2.05, 4.69) is 5.32 Å². The zero-order valence-electron chi connectivity index (χ0n) is 12.5. The van der Waals surface area contributed by atoms with Crippen molar-refractivity contribution in [2.45, 2.75) is 38.3 Å². The van der Waals surface area contributed by atoms with Crippen LogP contribution in [0.25, 0.3) is 0 Å². The van der Waals surface area contributed by atoms with E-state index >= 15 is 0 Å². The molecule has 0 aliphatic carbocycles. The Bertz CT molecular complexity index is 439. The number of rotatable bonds is 5. The Morgan fingerprint density at radius 3 is 2.65 bits per heavy atom. The lowest BCUT2D eigenvalue weighted by atomic mass is 9.80. The number of aryl methyl sites for hydroxylation is 1. The van der Waals surface area contributed by atoms with E-state index in [9.17, 15) is 4.39 Å². The summed E-state index contributed by atoms with van der Waals surface area (Å²) in [5.41, 5.74) is 1.78. The first kappa shape index (κ1) is 15.4. The van der Waals surface area contributed by atoms with Crippen LogP contribution >= 0.6 is 0 Å². The standard InChI is InChI=1S/C16H24FNO2/c1-4-20-16(7-9-19-10-8-16)15(18-3)14-6-5-13(17)11-12(14)2/h5-6,11,15,18H,4,7-10H2,1-3H3. The Labute approximate surface area is 120 Å². The van der Waals surface area contributed by atoms with Gasteiger partial charge in [-0.05, 0) is 44.2 Å². The fraction of sp³-hybridized carbons (Fsp3) is 0.625. The minimum Gasteiger partial charge on any atom is -0.381 e. The predicted molar refractivity (Wildman–Crippen MR) is 77.3 cm³/mol. The third-order valence-corrected chi connectivity index (χ3v) is 4.13. The number of halogens is 1. The summed E-state index contributed by atoms with van der Waals surface area (Å²) in [7, 11) is 1.93. The van der Waals surface area contributed by atoms with Gasteiger partial charge in [0.1, 0.15) is 5.82 Å². The fourth-order valence-electron chi connectivity index (χ4n) is 3.19. The van der Waals surface area contributed by atoms with E-state index in [1.807, 2.05) is 27.0 Å². The zero-order chi connectivity index (χ0) is 14.6. The molecular formula is C16H24FNO2. The summed E-state index contributed by atoms with van der Waals surface area (Å²) >= 11 is 0. The Morgan fingerprint density at radius 2 is 2.10 bits per heavy atom. The molecule has 3 nitrogen and oxygen atoms in total. The van der Waals surface area contributed by atoms with Gasteiger partial charge < -0.3 is 14.8 Å². The van der Waals surface area contributed by atoms with E-state index < -0.39 is 0 Å². The summed E-state index contributed by atoms with van der Waals surface area (Å²) in [4.78, 5) is 0. The molecule has 0 spiro atoms. The van der Waals surface area contributed by atoms with Crippen molar-refractivity contribution in [3.63, 3.8) is 0 Å². The smallest absolute Gasteiger partial charge is 0.123 e. The van der Waals surface area contributed by atoms with Crippen LogP contribution in [0.15, 0.2) is 18.2 Å². The second kappa shape index (κ2) is 6.66. The van der Waals surface area contributed by atoms with Crippen molar-refractivity contribution in [1.82, 2.24) is 5.32 Å². The molecule has 112 valence electrons. The summed E-state index contributed by atoms with van der Waals surface area (Å²) in [6.45, 7) is 6.04. The van der Waals surface area contributed by atoms with Crippen molar-refractivity contribution in [2.24, 2.45) is 0 Å². The van der Waals surface area contributed by atoms with E-state index in [4.69, 9.17) is 9.47 Å². The van der Waals surface area contributed by atoms with Crippen LogP contribution in [0, 0.1) is 12.7 Å². The normalized spacial score (nSPS) is 19.8. The molecule has 0 radical (unpaired) electrons. The number of benzene rings is 1. The van der Waals surface area contributed by atoms with Gasteiger partial charge >= 0.3 is 0 Å². The van der Waals surface area contributed by atoms with E-state index in [1.165, 1.54) is 6.07 Å². The maximum atomic E-state index is 13.3. The van der Waals surface area contributed by atoms with Crippen LogP contribution < -0.4 is 5.32 Å². The highest BCUT2D eigenvalue weighted by molar-refractivity contribution is 5.32. The number of ether oxygens (including phenoxy) is 2. The van der Waals surface area contributed by atoms with Gasteiger partial charge in [-0.1, -0.05) is 6.07 Å². The summed E-state index contributed by atoms with van der Waals surface area (Å²) < 4.78 is 24.9. The maximum absolute atomic E-state index is 13.3. The summed E-state index contributed by atoms with van der Waals surface area (Å²) in [5.74, 6) is -0.196. The van der Waals surface area contributed by atoms with Crippen LogP contribution in [-0.4, -0.2) is 32.5 Å². The van der Waals surface area contributed by atoms with E-state index in [-0.39, 0.29) is 17.5 Å². The predicted octanol–water partition coefficient (Wildman–Crippen LogP) is 2.98. The molecule has 0 bridgehead atoms. The van der Waals surface area contributed by atoms with Crippen molar-refractivity contribution in [2.75, 3.05) is 26.9 Å². The third kappa shape index (κ3) is 3.03. The quantitative estimate of drug-likeness (QED) is 0.900. The molecule has 1 saturated heterocycles. The molecule has 1 aliphatic rings. The molecule has 1 fully saturated rings. The summed E-state index contributed by atoms with van der Waals surface area (Å²) in [5, 5.41) is 3.37. The maximum Gasteiger partial charge on any atom is 0.123 e. The minimum atomic E-state index is -0.273. The average Bonchev–Trinajstić information content (AvgIpc) is 2.43. The van der Waals surface area contributed by atoms with E-state index in [1.54, 1.807) is 6.07 Å². The van der Waals surface area contributed by atoms with Crippen LogP contribution in [0.2, 0.25) is 0 Å². The largest absolute Gasteiger partial charge is 0.381 e. The van der Waals surface area contributed by atoms with Crippen molar-refractivity contribution < 1.29 is 13.9 Å². The number of hydrogen-bond acceptors (Lipinski definition) is 3. The van der Waals surface area contributed by atoms with Gasteiger partial charge in [0.05, 0.1) is 11.6 Å². The molecule has 1 N–H and O–H groups in total. The van der Waals surface area contributed by atoms with Gasteiger partial charge in [-0.15, -0.1) is 0 Å². The lowest BCUT2D eigenvalue weighted by Crippen LogP contribution is -2.49. The van der Waals surface area contributed by atoms with Gasteiger partial charge in [0.25, 0.3) is 0 Å². The van der Waals surface area contributed by atoms with Gasteiger partial charge in [0, 0.05) is 32.7 Å². The lowest BCUT2D eigenvalue weighted by Gasteiger charge is -2.43. The highest BCUT2D eigenvalue weighted by atomic mass is 19.1. The van der Waals surface area contributed by atoms with E-state index in [0.29, 0.717) is 19.8 Å². The molecule has 20 heavy (non-hydrogen) atoms.